The van der Waals surface area contributed by atoms with E-state index in [9.17, 15) is 4.79 Å². The molecule has 0 radical (unpaired) electrons. The van der Waals surface area contributed by atoms with Crippen molar-refractivity contribution in [1.82, 2.24) is 10.5 Å². The molecule has 1 fully saturated rings. The predicted molar refractivity (Wildman–Crippen MR) is 52.7 cm³/mol. The maximum atomic E-state index is 10.7. The van der Waals surface area contributed by atoms with E-state index in [0.29, 0.717) is 5.76 Å². The molecule has 1 atom stereocenters. The molecule has 15 heavy (non-hydrogen) atoms. The predicted octanol–water partition coefficient (Wildman–Crippen LogP) is 1.36. The normalized spacial score (nSPS) is 26.5. The molecule has 2 N–H and O–H groups in total. The van der Waals surface area contributed by atoms with Crippen molar-refractivity contribution in [2.24, 2.45) is 0 Å². The Morgan fingerprint density at radius 1 is 1.67 bits per heavy atom. The summed E-state index contributed by atoms with van der Waals surface area (Å²) in [6.07, 6.45) is 3.21. The molecule has 1 aromatic rings. The maximum Gasteiger partial charge on any atom is 0.358 e. The zero-order valence-corrected chi connectivity index (χ0v) is 8.62. The first-order valence-corrected chi connectivity index (χ1v) is 5.07. The quantitative estimate of drug-likeness (QED) is 0.770. The summed E-state index contributed by atoms with van der Waals surface area (Å²) in [5.74, 6) is -0.441. The van der Waals surface area contributed by atoms with Crippen LogP contribution in [0, 0.1) is 0 Å². The second kappa shape index (κ2) is 3.66. The molecule has 1 saturated heterocycles. The Balaban J connectivity index is 2.23. The van der Waals surface area contributed by atoms with E-state index in [-0.39, 0.29) is 11.2 Å². The monoisotopic (exact) mass is 210 g/mol. The van der Waals surface area contributed by atoms with Crippen molar-refractivity contribution < 1.29 is 14.4 Å². The van der Waals surface area contributed by atoms with Crippen molar-refractivity contribution in [3.8, 4) is 0 Å². The highest BCUT2D eigenvalue weighted by molar-refractivity contribution is 5.85. The molecule has 0 spiro atoms. The molecule has 0 aromatic carbocycles. The number of carboxylic acids is 1. The molecule has 0 saturated carbocycles. The Labute approximate surface area is 87.5 Å². The lowest BCUT2D eigenvalue weighted by molar-refractivity contribution is 0.0685. The molecule has 2 rings (SSSR count). The first-order chi connectivity index (χ1) is 7.12. The first-order valence-electron chi connectivity index (χ1n) is 5.07. The van der Waals surface area contributed by atoms with E-state index in [0.717, 1.165) is 25.8 Å². The number of aromatic nitrogens is 1. The molecule has 0 aliphatic carbocycles. The fourth-order valence-electron chi connectivity index (χ4n) is 1.90. The Morgan fingerprint density at radius 3 is 3.00 bits per heavy atom. The lowest BCUT2D eigenvalue weighted by Crippen LogP contribution is -2.42. The third-order valence-electron chi connectivity index (χ3n) is 2.89. The van der Waals surface area contributed by atoms with Gasteiger partial charge in [0.25, 0.3) is 0 Å². The Morgan fingerprint density at radius 2 is 2.47 bits per heavy atom. The first kappa shape index (κ1) is 10.2. The van der Waals surface area contributed by atoms with E-state index in [1.165, 1.54) is 6.07 Å². The van der Waals surface area contributed by atoms with Crippen molar-refractivity contribution in [1.29, 1.82) is 0 Å². The average molecular weight is 210 g/mol. The van der Waals surface area contributed by atoms with Gasteiger partial charge in [0, 0.05) is 6.07 Å². The van der Waals surface area contributed by atoms with Gasteiger partial charge in [0.05, 0.1) is 5.54 Å². The van der Waals surface area contributed by atoms with Crippen molar-refractivity contribution in [3.63, 3.8) is 0 Å². The third-order valence-corrected chi connectivity index (χ3v) is 2.89. The molecule has 1 aromatic heterocycles. The SMILES string of the molecule is CC1(c2cc(C(=O)O)no2)CCCCN1. The van der Waals surface area contributed by atoms with Crippen molar-refractivity contribution in [2.75, 3.05) is 6.54 Å². The standard InChI is InChI=1S/C10H14N2O3/c1-10(4-2-3-5-11-10)8-6-7(9(13)14)12-15-8/h6,11H,2-5H2,1H3,(H,13,14). The van der Waals surface area contributed by atoms with Gasteiger partial charge in [-0.1, -0.05) is 5.16 Å². The van der Waals surface area contributed by atoms with E-state index in [1.54, 1.807) is 0 Å². The molecule has 0 bridgehead atoms. The molecule has 82 valence electrons. The van der Waals surface area contributed by atoms with Crippen LogP contribution in [0.2, 0.25) is 0 Å². The minimum atomic E-state index is -1.05. The van der Waals surface area contributed by atoms with Gasteiger partial charge in [-0.15, -0.1) is 0 Å². The summed E-state index contributed by atoms with van der Waals surface area (Å²) in [5.41, 5.74) is -0.294. The summed E-state index contributed by atoms with van der Waals surface area (Å²) in [5, 5.41) is 15.6. The highest BCUT2D eigenvalue weighted by Gasteiger charge is 2.33. The summed E-state index contributed by atoms with van der Waals surface area (Å²) in [6.45, 7) is 2.94. The maximum absolute atomic E-state index is 10.7. The molecule has 0 amide bonds. The van der Waals surface area contributed by atoms with E-state index >= 15 is 0 Å². The van der Waals surface area contributed by atoms with E-state index in [1.807, 2.05) is 6.92 Å². The van der Waals surface area contributed by atoms with Gasteiger partial charge in [-0.25, -0.2) is 4.79 Å². The summed E-state index contributed by atoms with van der Waals surface area (Å²) >= 11 is 0. The lowest BCUT2D eigenvalue weighted by Gasteiger charge is -2.32. The van der Waals surface area contributed by atoms with Crippen LogP contribution >= 0.6 is 0 Å². The van der Waals surface area contributed by atoms with Crippen LogP contribution in [0.4, 0.5) is 0 Å². The smallest absolute Gasteiger partial charge is 0.358 e. The molecule has 1 aliphatic rings. The van der Waals surface area contributed by atoms with Crippen LogP contribution in [-0.4, -0.2) is 22.8 Å². The number of carbonyl (C=O) groups is 1. The van der Waals surface area contributed by atoms with Gasteiger partial charge in [-0.05, 0) is 32.7 Å². The van der Waals surface area contributed by atoms with E-state index in [4.69, 9.17) is 9.63 Å². The number of piperidine rings is 1. The molecular formula is C10H14N2O3. The van der Waals surface area contributed by atoms with E-state index < -0.39 is 5.97 Å². The minimum absolute atomic E-state index is 0.0291. The summed E-state index contributed by atoms with van der Waals surface area (Å²) < 4.78 is 5.08. The van der Waals surface area contributed by atoms with Crippen molar-refractivity contribution in [2.45, 2.75) is 31.7 Å². The average Bonchev–Trinajstić information content (AvgIpc) is 2.68. The zero-order chi connectivity index (χ0) is 10.9. The second-order valence-electron chi connectivity index (χ2n) is 4.10. The third kappa shape index (κ3) is 1.87. The second-order valence-corrected chi connectivity index (χ2v) is 4.10. The Kier molecular flexibility index (Phi) is 2.48. The van der Waals surface area contributed by atoms with Crippen LogP contribution in [0.1, 0.15) is 42.4 Å². The van der Waals surface area contributed by atoms with Crippen LogP contribution in [0.5, 0.6) is 0 Å². The molecule has 2 heterocycles. The van der Waals surface area contributed by atoms with Gasteiger partial charge >= 0.3 is 5.97 Å². The molecule has 5 nitrogen and oxygen atoms in total. The van der Waals surface area contributed by atoms with Crippen molar-refractivity contribution in [3.05, 3.63) is 17.5 Å². The van der Waals surface area contributed by atoms with Crippen LogP contribution < -0.4 is 5.32 Å². The lowest BCUT2D eigenvalue weighted by atomic mass is 9.88. The van der Waals surface area contributed by atoms with Crippen LogP contribution in [0.3, 0.4) is 0 Å². The Hall–Kier alpha value is -1.36. The molecule has 1 aliphatic heterocycles. The van der Waals surface area contributed by atoms with Crippen molar-refractivity contribution >= 4 is 5.97 Å². The highest BCUT2D eigenvalue weighted by atomic mass is 16.5. The fraction of sp³-hybridized carbons (Fsp3) is 0.600. The van der Waals surface area contributed by atoms with Gasteiger partial charge < -0.3 is 14.9 Å². The number of rotatable bonds is 2. The number of hydrogen-bond acceptors (Lipinski definition) is 4. The number of carboxylic acid groups (broad SMARTS) is 1. The number of nitrogens with one attached hydrogen (secondary N) is 1. The topological polar surface area (TPSA) is 75.4 Å². The largest absolute Gasteiger partial charge is 0.476 e. The summed E-state index contributed by atoms with van der Waals surface area (Å²) in [6, 6.07) is 1.50. The van der Waals surface area contributed by atoms with Crippen LogP contribution in [0.25, 0.3) is 0 Å². The van der Waals surface area contributed by atoms with Crippen LogP contribution in [-0.2, 0) is 5.54 Å². The van der Waals surface area contributed by atoms with Gasteiger partial charge in [-0.2, -0.15) is 0 Å². The Bertz CT molecular complexity index is 366. The summed E-state index contributed by atoms with van der Waals surface area (Å²) in [7, 11) is 0. The van der Waals surface area contributed by atoms with Crippen LogP contribution in [0.15, 0.2) is 10.6 Å². The molecular weight excluding hydrogens is 196 g/mol. The number of hydrogen-bond donors (Lipinski definition) is 2. The minimum Gasteiger partial charge on any atom is -0.476 e. The summed E-state index contributed by atoms with van der Waals surface area (Å²) in [4.78, 5) is 10.7. The van der Waals surface area contributed by atoms with E-state index in [2.05, 4.69) is 10.5 Å². The molecule has 1 unspecified atom stereocenters. The van der Waals surface area contributed by atoms with Gasteiger partial charge in [0.2, 0.25) is 0 Å². The molecule has 5 heteroatoms. The van der Waals surface area contributed by atoms with Gasteiger partial charge in [-0.3, -0.25) is 0 Å². The van der Waals surface area contributed by atoms with Gasteiger partial charge in [0.15, 0.2) is 11.5 Å². The number of aromatic carboxylic acids is 1. The van der Waals surface area contributed by atoms with Gasteiger partial charge in [0.1, 0.15) is 0 Å². The fourth-order valence-corrected chi connectivity index (χ4v) is 1.90. The highest BCUT2D eigenvalue weighted by Crippen LogP contribution is 2.30. The number of nitrogens with zero attached hydrogens (tertiary/aromatic N) is 1. The zero-order valence-electron chi connectivity index (χ0n) is 8.62.